The van der Waals surface area contributed by atoms with Gasteiger partial charge in [-0.05, 0) is 11.6 Å². The predicted molar refractivity (Wildman–Crippen MR) is 65.9 cm³/mol. The van der Waals surface area contributed by atoms with Crippen LogP contribution in [-0.2, 0) is 4.79 Å². The number of benzene rings is 1. The number of aliphatic carboxylic acids is 1. The van der Waals surface area contributed by atoms with E-state index in [-0.39, 0.29) is 5.57 Å². The van der Waals surface area contributed by atoms with Crippen molar-refractivity contribution in [2.75, 3.05) is 0 Å². The summed E-state index contributed by atoms with van der Waals surface area (Å²) in [7, 11) is 0. The summed E-state index contributed by atoms with van der Waals surface area (Å²) in [5.74, 6) is -1.22. The van der Waals surface area contributed by atoms with Gasteiger partial charge in [-0.3, -0.25) is 0 Å². The van der Waals surface area contributed by atoms with Crippen LogP contribution < -0.4 is 0 Å². The molecule has 0 aromatic heterocycles. The lowest BCUT2D eigenvalue weighted by atomic mass is 10.2. The van der Waals surface area contributed by atoms with Gasteiger partial charge in [0.2, 0.25) is 0 Å². The highest BCUT2D eigenvalue weighted by Crippen LogP contribution is 2.01. The van der Waals surface area contributed by atoms with E-state index in [1.807, 2.05) is 36.4 Å². The van der Waals surface area contributed by atoms with Crippen molar-refractivity contribution in [1.82, 2.24) is 0 Å². The second kappa shape index (κ2) is 6.81. The third kappa shape index (κ3) is 4.63. The lowest BCUT2D eigenvalue weighted by molar-refractivity contribution is -0.132. The zero-order valence-corrected chi connectivity index (χ0v) is 9.08. The van der Waals surface area contributed by atoms with Gasteiger partial charge >= 0.3 is 5.97 Å². The number of rotatable bonds is 4. The van der Waals surface area contributed by atoms with Crippen molar-refractivity contribution < 1.29 is 9.90 Å². The van der Waals surface area contributed by atoms with Crippen molar-refractivity contribution in [2.45, 2.75) is 0 Å². The molecule has 0 aliphatic heterocycles. The van der Waals surface area contributed by atoms with Crippen molar-refractivity contribution in [3.63, 3.8) is 0 Å². The van der Waals surface area contributed by atoms with Gasteiger partial charge in [0.15, 0.2) is 0 Å². The first-order valence-electron chi connectivity index (χ1n) is 4.97. The lowest BCUT2D eigenvalue weighted by Gasteiger charge is -1.88. The number of carbonyl (C=O) groups is 1. The van der Waals surface area contributed by atoms with Gasteiger partial charge in [0.1, 0.15) is 11.6 Å². The Labute approximate surface area is 99.6 Å². The SMILES string of the molecule is N#C\C(=C/C=C/C=C/c1ccccc1)C(=O)O. The normalized spacial score (nSPS) is 11.8. The fourth-order valence-corrected chi connectivity index (χ4v) is 1.10. The van der Waals surface area contributed by atoms with Crippen LogP contribution in [0.4, 0.5) is 0 Å². The Bertz CT molecular complexity index is 505. The molecule has 0 heterocycles. The van der Waals surface area contributed by atoms with E-state index >= 15 is 0 Å². The van der Waals surface area contributed by atoms with Crippen LogP contribution in [0.3, 0.4) is 0 Å². The molecule has 0 saturated heterocycles. The molecule has 1 aromatic rings. The van der Waals surface area contributed by atoms with E-state index in [1.165, 1.54) is 12.2 Å². The Kier molecular flexibility index (Phi) is 4.99. The van der Waals surface area contributed by atoms with Gasteiger partial charge in [0, 0.05) is 0 Å². The van der Waals surface area contributed by atoms with E-state index in [1.54, 1.807) is 18.2 Å². The largest absolute Gasteiger partial charge is 0.477 e. The first-order chi connectivity index (χ1) is 8.24. The molecule has 0 unspecified atom stereocenters. The van der Waals surface area contributed by atoms with Crippen LogP contribution in [0.5, 0.6) is 0 Å². The number of allylic oxidation sites excluding steroid dienone is 4. The van der Waals surface area contributed by atoms with Gasteiger partial charge in [-0.2, -0.15) is 5.26 Å². The van der Waals surface area contributed by atoms with Crippen LogP contribution >= 0.6 is 0 Å². The smallest absolute Gasteiger partial charge is 0.346 e. The van der Waals surface area contributed by atoms with Crippen LogP contribution in [0.15, 0.2) is 60.2 Å². The molecule has 0 saturated carbocycles. The number of nitriles is 1. The highest BCUT2D eigenvalue weighted by molar-refractivity contribution is 5.91. The first-order valence-corrected chi connectivity index (χ1v) is 4.97. The van der Waals surface area contributed by atoms with Gasteiger partial charge < -0.3 is 5.11 Å². The monoisotopic (exact) mass is 225 g/mol. The summed E-state index contributed by atoms with van der Waals surface area (Å²) >= 11 is 0. The maximum atomic E-state index is 10.5. The van der Waals surface area contributed by atoms with Gasteiger partial charge in [-0.25, -0.2) is 4.79 Å². The summed E-state index contributed by atoms with van der Waals surface area (Å²) in [6, 6.07) is 11.3. The summed E-state index contributed by atoms with van der Waals surface area (Å²) in [5, 5.41) is 17.0. The lowest BCUT2D eigenvalue weighted by Crippen LogP contribution is -1.96. The summed E-state index contributed by atoms with van der Waals surface area (Å²) in [6.45, 7) is 0. The molecular weight excluding hydrogens is 214 g/mol. The molecule has 3 nitrogen and oxygen atoms in total. The Morgan fingerprint density at radius 2 is 1.88 bits per heavy atom. The molecule has 0 aliphatic carbocycles. The average molecular weight is 225 g/mol. The third-order valence-corrected chi connectivity index (χ3v) is 1.92. The van der Waals surface area contributed by atoms with Crippen LogP contribution in [0.25, 0.3) is 6.08 Å². The van der Waals surface area contributed by atoms with Crippen molar-refractivity contribution in [3.05, 3.63) is 65.8 Å². The molecule has 0 radical (unpaired) electrons. The fourth-order valence-electron chi connectivity index (χ4n) is 1.10. The highest BCUT2D eigenvalue weighted by Gasteiger charge is 2.01. The first kappa shape index (κ1) is 12.5. The Morgan fingerprint density at radius 3 is 2.47 bits per heavy atom. The molecule has 0 amide bonds. The summed E-state index contributed by atoms with van der Waals surface area (Å²) in [4.78, 5) is 10.5. The van der Waals surface area contributed by atoms with Gasteiger partial charge in [0.25, 0.3) is 0 Å². The van der Waals surface area contributed by atoms with Crippen LogP contribution in [0.2, 0.25) is 0 Å². The average Bonchev–Trinajstić information content (AvgIpc) is 2.34. The van der Waals surface area contributed by atoms with Crippen molar-refractivity contribution >= 4 is 12.0 Å². The minimum absolute atomic E-state index is 0.283. The standard InChI is InChI=1S/C14H11NO2/c15-11-13(14(16)17)10-6-2-5-9-12-7-3-1-4-8-12/h1-10H,(H,16,17)/b6-2+,9-5+,13-10+. The second-order valence-corrected chi connectivity index (χ2v) is 3.15. The number of nitrogens with zero attached hydrogens (tertiary/aromatic N) is 1. The predicted octanol–water partition coefficient (Wildman–Crippen LogP) is 2.79. The maximum absolute atomic E-state index is 10.5. The number of carboxylic acid groups (broad SMARTS) is 1. The molecular formula is C14H11NO2. The third-order valence-electron chi connectivity index (χ3n) is 1.92. The molecule has 1 N–H and O–H groups in total. The molecule has 0 bridgehead atoms. The second-order valence-electron chi connectivity index (χ2n) is 3.15. The maximum Gasteiger partial charge on any atom is 0.346 e. The molecule has 1 aromatic carbocycles. The summed E-state index contributed by atoms with van der Waals surface area (Å²) in [6.07, 6.45) is 8.12. The number of hydrogen-bond donors (Lipinski definition) is 1. The van der Waals surface area contributed by atoms with Crippen LogP contribution in [-0.4, -0.2) is 11.1 Å². The minimum Gasteiger partial charge on any atom is -0.477 e. The zero-order valence-electron chi connectivity index (χ0n) is 9.08. The van der Waals surface area contributed by atoms with E-state index in [2.05, 4.69) is 0 Å². The van der Waals surface area contributed by atoms with Gasteiger partial charge in [0.05, 0.1) is 0 Å². The van der Waals surface area contributed by atoms with Crippen LogP contribution in [0.1, 0.15) is 5.56 Å². The number of carboxylic acids is 1. The molecule has 3 heteroatoms. The molecule has 1 rings (SSSR count). The van der Waals surface area contributed by atoms with E-state index < -0.39 is 5.97 Å². The van der Waals surface area contributed by atoms with Crippen molar-refractivity contribution in [1.29, 1.82) is 5.26 Å². The zero-order chi connectivity index (χ0) is 12.5. The van der Waals surface area contributed by atoms with Gasteiger partial charge in [-0.15, -0.1) is 0 Å². The van der Waals surface area contributed by atoms with E-state index in [9.17, 15) is 4.79 Å². The van der Waals surface area contributed by atoms with E-state index in [4.69, 9.17) is 10.4 Å². The van der Waals surface area contributed by atoms with Gasteiger partial charge in [-0.1, -0.05) is 54.6 Å². The summed E-state index contributed by atoms with van der Waals surface area (Å²) in [5.41, 5.74) is 0.772. The quantitative estimate of drug-likeness (QED) is 0.487. The molecule has 0 fully saturated rings. The molecule has 0 atom stereocenters. The topological polar surface area (TPSA) is 61.1 Å². The fraction of sp³-hybridized carbons (Fsp3) is 0. The molecule has 0 aliphatic rings. The summed E-state index contributed by atoms with van der Waals surface area (Å²) < 4.78 is 0. The highest BCUT2D eigenvalue weighted by atomic mass is 16.4. The Hall–Kier alpha value is -2.60. The minimum atomic E-state index is -1.22. The van der Waals surface area contributed by atoms with Crippen molar-refractivity contribution in [2.24, 2.45) is 0 Å². The molecule has 17 heavy (non-hydrogen) atoms. The van der Waals surface area contributed by atoms with Crippen LogP contribution in [0, 0.1) is 11.3 Å². The van der Waals surface area contributed by atoms with E-state index in [0.717, 1.165) is 5.56 Å². The van der Waals surface area contributed by atoms with Crippen molar-refractivity contribution in [3.8, 4) is 6.07 Å². The Morgan fingerprint density at radius 1 is 1.18 bits per heavy atom. The van der Waals surface area contributed by atoms with E-state index in [0.29, 0.717) is 0 Å². The number of hydrogen-bond acceptors (Lipinski definition) is 2. The molecule has 0 spiro atoms. The molecule has 84 valence electrons. The Balaban J connectivity index is 2.60.